The van der Waals surface area contributed by atoms with Crippen LogP contribution in [0.25, 0.3) is 10.3 Å². The van der Waals surface area contributed by atoms with E-state index in [0.717, 1.165) is 35.1 Å². The molecule has 0 spiro atoms. The van der Waals surface area contributed by atoms with E-state index in [1.807, 2.05) is 18.2 Å². The summed E-state index contributed by atoms with van der Waals surface area (Å²) >= 11 is 1.53. The zero-order chi connectivity index (χ0) is 17.9. The van der Waals surface area contributed by atoms with Crippen molar-refractivity contribution in [2.24, 2.45) is 0 Å². The second-order valence-electron chi connectivity index (χ2n) is 6.12. The monoisotopic (exact) mass is 371 g/mol. The molecule has 0 radical (unpaired) electrons. The van der Waals surface area contributed by atoms with Crippen molar-refractivity contribution >= 4 is 39.1 Å². The molecule has 136 valence electrons. The van der Waals surface area contributed by atoms with E-state index in [1.165, 1.54) is 30.6 Å². The van der Waals surface area contributed by atoms with Crippen LogP contribution in [0.15, 0.2) is 23.7 Å². The van der Waals surface area contributed by atoms with Gasteiger partial charge in [-0.1, -0.05) is 0 Å². The zero-order valence-corrected chi connectivity index (χ0v) is 15.7. The SMILES string of the molecule is COc1ccc(Nc2nc(N3CCCCC3)nc3scnc23)cc1OC. The Morgan fingerprint density at radius 1 is 1.04 bits per heavy atom. The van der Waals surface area contributed by atoms with E-state index in [4.69, 9.17) is 19.4 Å². The lowest BCUT2D eigenvalue weighted by atomic mass is 10.1. The summed E-state index contributed by atoms with van der Waals surface area (Å²) in [5.41, 5.74) is 3.45. The second kappa shape index (κ2) is 7.33. The minimum atomic E-state index is 0.664. The highest BCUT2D eigenvalue weighted by molar-refractivity contribution is 7.16. The van der Waals surface area contributed by atoms with Crippen molar-refractivity contribution in [3.05, 3.63) is 23.7 Å². The molecule has 4 rings (SSSR count). The van der Waals surface area contributed by atoms with Crippen LogP contribution in [0, 0.1) is 0 Å². The van der Waals surface area contributed by atoms with E-state index in [0.29, 0.717) is 17.3 Å². The van der Waals surface area contributed by atoms with Gasteiger partial charge in [-0.3, -0.25) is 0 Å². The smallest absolute Gasteiger partial charge is 0.228 e. The molecule has 0 saturated carbocycles. The molecule has 1 aromatic carbocycles. The van der Waals surface area contributed by atoms with Gasteiger partial charge in [0.2, 0.25) is 5.95 Å². The molecule has 1 aliphatic rings. The first-order valence-electron chi connectivity index (χ1n) is 8.63. The number of piperidine rings is 1. The predicted molar refractivity (Wildman–Crippen MR) is 104 cm³/mol. The van der Waals surface area contributed by atoms with Crippen LogP contribution in [0.2, 0.25) is 0 Å². The molecule has 8 heteroatoms. The molecular formula is C18H21N5O2S. The van der Waals surface area contributed by atoms with Gasteiger partial charge in [-0.15, -0.1) is 11.3 Å². The van der Waals surface area contributed by atoms with Gasteiger partial charge in [-0.05, 0) is 31.4 Å². The zero-order valence-electron chi connectivity index (χ0n) is 14.9. The first-order chi connectivity index (χ1) is 12.8. The van der Waals surface area contributed by atoms with Crippen molar-refractivity contribution in [1.29, 1.82) is 0 Å². The molecule has 7 nitrogen and oxygen atoms in total. The summed E-state index contributed by atoms with van der Waals surface area (Å²) in [6.45, 7) is 2.00. The number of hydrogen-bond acceptors (Lipinski definition) is 8. The summed E-state index contributed by atoms with van der Waals surface area (Å²) in [5.74, 6) is 2.83. The lowest BCUT2D eigenvalue weighted by molar-refractivity contribution is 0.355. The molecule has 0 amide bonds. The molecular weight excluding hydrogens is 350 g/mol. The highest BCUT2D eigenvalue weighted by Gasteiger charge is 2.18. The second-order valence-corrected chi connectivity index (χ2v) is 6.95. The molecule has 3 aromatic rings. The van der Waals surface area contributed by atoms with E-state index < -0.39 is 0 Å². The molecule has 0 aliphatic carbocycles. The van der Waals surface area contributed by atoms with Crippen molar-refractivity contribution in [3.8, 4) is 11.5 Å². The fourth-order valence-corrected chi connectivity index (χ4v) is 3.78. The molecule has 2 aromatic heterocycles. The van der Waals surface area contributed by atoms with E-state index in [9.17, 15) is 0 Å². The number of rotatable bonds is 5. The average molecular weight is 371 g/mol. The largest absolute Gasteiger partial charge is 0.493 e. The van der Waals surface area contributed by atoms with Crippen LogP contribution in [0.4, 0.5) is 17.5 Å². The van der Waals surface area contributed by atoms with E-state index in [2.05, 4.69) is 15.2 Å². The Bertz CT molecular complexity index is 908. The molecule has 1 aliphatic heterocycles. The highest BCUT2D eigenvalue weighted by atomic mass is 32.1. The van der Waals surface area contributed by atoms with Crippen molar-refractivity contribution in [3.63, 3.8) is 0 Å². The van der Waals surface area contributed by atoms with Crippen LogP contribution in [-0.2, 0) is 0 Å². The van der Waals surface area contributed by atoms with Crippen molar-refractivity contribution < 1.29 is 9.47 Å². The Labute approximate surface area is 156 Å². The lowest BCUT2D eigenvalue weighted by Gasteiger charge is -2.26. The Balaban J connectivity index is 1.70. The third kappa shape index (κ3) is 3.24. The van der Waals surface area contributed by atoms with Crippen LogP contribution in [0.1, 0.15) is 19.3 Å². The standard InChI is InChI=1S/C18H21N5O2S/c1-24-13-7-6-12(10-14(13)25-2)20-16-15-17(26-11-19-15)22-18(21-16)23-8-4-3-5-9-23/h6-7,10-11H,3-5,8-9H2,1-2H3,(H,20,21,22). The minimum Gasteiger partial charge on any atom is -0.493 e. The van der Waals surface area contributed by atoms with Gasteiger partial charge < -0.3 is 19.7 Å². The quantitative estimate of drug-likeness (QED) is 0.730. The maximum atomic E-state index is 5.39. The van der Waals surface area contributed by atoms with Crippen LogP contribution in [0.5, 0.6) is 11.5 Å². The Morgan fingerprint density at radius 3 is 2.62 bits per heavy atom. The van der Waals surface area contributed by atoms with Crippen molar-refractivity contribution in [1.82, 2.24) is 15.0 Å². The Hall–Kier alpha value is -2.61. The van der Waals surface area contributed by atoms with Gasteiger partial charge in [0.25, 0.3) is 0 Å². The van der Waals surface area contributed by atoms with Crippen LogP contribution in [0.3, 0.4) is 0 Å². The van der Waals surface area contributed by atoms with Crippen molar-refractivity contribution in [2.45, 2.75) is 19.3 Å². The summed E-state index contributed by atoms with van der Waals surface area (Å²) in [7, 11) is 3.25. The van der Waals surface area contributed by atoms with Gasteiger partial charge >= 0.3 is 0 Å². The number of ether oxygens (including phenoxy) is 2. The highest BCUT2D eigenvalue weighted by Crippen LogP contribution is 2.33. The number of benzene rings is 1. The van der Waals surface area contributed by atoms with Crippen LogP contribution < -0.4 is 19.7 Å². The fourth-order valence-electron chi connectivity index (χ4n) is 3.12. The van der Waals surface area contributed by atoms with Gasteiger partial charge in [-0.25, -0.2) is 4.98 Å². The third-order valence-electron chi connectivity index (χ3n) is 4.47. The predicted octanol–water partition coefficient (Wildman–Crippen LogP) is 3.84. The molecule has 1 saturated heterocycles. The summed E-state index contributed by atoms with van der Waals surface area (Å²) in [6, 6.07) is 5.69. The maximum absolute atomic E-state index is 5.39. The summed E-state index contributed by atoms with van der Waals surface area (Å²) < 4.78 is 10.7. The molecule has 3 heterocycles. The minimum absolute atomic E-state index is 0.664. The van der Waals surface area contributed by atoms with Crippen molar-refractivity contribution in [2.75, 3.05) is 37.5 Å². The van der Waals surface area contributed by atoms with E-state index in [1.54, 1.807) is 19.7 Å². The van der Waals surface area contributed by atoms with E-state index in [-0.39, 0.29) is 0 Å². The number of anilines is 3. The van der Waals surface area contributed by atoms with Crippen LogP contribution >= 0.6 is 11.3 Å². The van der Waals surface area contributed by atoms with Gasteiger partial charge in [0, 0.05) is 24.8 Å². The molecule has 26 heavy (non-hydrogen) atoms. The Kier molecular flexibility index (Phi) is 4.75. The summed E-state index contributed by atoms with van der Waals surface area (Å²) in [5, 5.41) is 3.37. The number of fused-ring (bicyclic) bond motifs is 1. The molecule has 0 unspecified atom stereocenters. The van der Waals surface area contributed by atoms with E-state index >= 15 is 0 Å². The number of methoxy groups -OCH3 is 2. The number of nitrogens with one attached hydrogen (secondary N) is 1. The summed E-state index contributed by atoms with van der Waals surface area (Å²) in [4.78, 5) is 17.1. The Morgan fingerprint density at radius 2 is 1.85 bits per heavy atom. The molecule has 1 N–H and O–H groups in total. The summed E-state index contributed by atoms with van der Waals surface area (Å²) in [6.07, 6.45) is 3.64. The fraction of sp³-hybridized carbons (Fsp3) is 0.389. The van der Waals surface area contributed by atoms with Gasteiger partial charge in [0.1, 0.15) is 5.52 Å². The molecule has 0 bridgehead atoms. The van der Waals surface area contributed by atoms with Gasteiger partial charge in [0.05, 0.1) is 19.7 Å². The topological polar surface area (TPSA) is 72.4 Å². The maximum Gasteiger partial charge on any atom is 0.228 e. The van der Waals surface area contributed by atoms with Gasteiger partial charge in [-0.2, -0.15) is 9.97 Å². The number of nitrogens with zero attached hydrogens (tertiary/aromatic N) is 4. The average Bonchev–Trinajstić information content (AvgIpc) is 3.17. The normalized spacial score (nSPS) is 14.5. The number of thiazole rings is 1. The number of hydrogen-bond donors (Lipinski definition) is 1. The van der Waals surface area contributed by atoms with Gasteiger partial charge in [0.15, 0.2) is 22.1 Å². The third-order valence-corrected chi connectivity index (χ3v) is 5.19. The lowest BCUT2D eigenvalue weighted by Crippen LogP contribution is -2.31. The first-order valence-corrected chi connectivity index (χ1v) is 9.51. The molecule has 0 atom stereocenters. The van der Waals surface area contributed by atoms with Crippen LogP contribution in [-0.4, -0.2) is 42.3 Å². The number of aromatic nitrogens is 3. The molecule has 1 fully saturated rings. The first kappa shape index (κ1) is 16.8.